The highest BCUT2D eigenvalue weighted by atomic mass is 35.5. The first-order chi connectivity index (χ1) is 10.8. The van der Waals surface area contributed by atoms with Crippen molar-refractivity contribution >= 4 is 27.7 Å². The van der Waals surface area contributed by atoms with Gasteiger partial charge in [0, 0.05) is 37.7 Å². The number of carbonyl (C=O) groups excluding carboxylic acids is 1. The standard InChI is InChI=1S/C15H22ClN3O3S/c1-12(2)11-17-15(20)18-7-9-19(10-8-18)23(21,22)14-5-3-13(16)4-6-14/h3-6,12H,7-11H2,1-2H3,(H,17,20). The molecule has 2 rings (SSSR count). The first kappa shape index (κ1) is 18.0. The highest BCUT2D eigenvalue weighted by Gasteiger charge is 2.29. The molecule has 1 aliphatic heterocycles. The van der Waals surface area contributed by atoms with Crippen LogP contribution in [0.15, 0.2) is 29.2 Å². The van der Waals surface area contributed by atoms with Crippen molar-refractivity contribution < 1.29 is 13.2 Å². The van der Waals surface area contributed by atoms with E-state index in [4.69, 9.17) is 11.6 Å². The van der Waals surface area contributed by atoms with Gasteiger partial charge >= 0.3 is 6.03 Å². The van der Waals surface area contributed by atoms with Gasteiger partial charge in [0.1, 0.15) is 0 Å². The van der Waals surface area contributed by atoms with E-state index in [-0.39, 0.29) is 10.9 Å². The number of amides is 2. The Balaban J connectivity index is 1.95. The molecule has 0 spiro atoms. The summed E-state index contributed by atoms with van der Waals surface area (Å²) in [5.41, 5.74) is 0. The maximum absolute atomic E-state index is 12.6. The number of sulfonamides is 1. The zero-order chi connectivity index (χ0) is 17.0. The first-order valence-electron chi connectivity index (χ1n) is 7.59. The summed E-state index contributed by atoms with van der Waals surface area (Å²) in [7, 11) is -3.54. The lowest BCUT2D eigenvalue weighted by atomic mass is 10.2. The molecule has 0 saturated carbocycles. The molecule has 0 bridgehead atoms. The molecule has 0 radical (unpaired) electrons. The van der Waals surface area contributed by atoms with Gasteiger partial charge in [0.25, 0.3) is 0 Å². The fourth-order valence-corrected chi connectivity index (χ4v) is 3.84. The Morgan fingerprint density at radius 1 is 1.17 bits per heavy atom. The minimum absolute atomic E-state index is 0.137. The first-order valence-corrected chi connectivity index (χ1v) is 9.41. The molecule has 1 aromatic rings. The molecule has 1 N–H and O–H groups in total. The van der Waals surface area contributed by atoms with Gasteiger partial charge in [-0.15, -0.1) is 0 Å². The van der Waals surface area contributed by atoms with Crippen molar-refractivity contribution in [3.05, 3.63) is 29.3 Å². The zero-order valence-corrected chi connectivity index (χ0v) is 14.9. The van der Waals surface area contributed by atoms with Crippen LogP contribution in [0.25, 0.3) is 0 Å². The smallest absolute Gasteiger partial charge is 0.317 e. The number of rotatable bonds is 4. The van der Waals surface area contributed by atoms with Crippen molar-refractivity contribution in [3.63, 3.8) is 0 Å². The second-order valence-corrected chi connectivity index (χ2v) is 8.30. The van der Waals surface area contributed by atoms with Crippen LogP contribution in [0.1, 0.15) is 13.8 Å². The van der Waals surface area contributed by atoms with Gasteiger partial charge in [-0.2, -0.15) is 4.31 Å². The molecule has 23 heavy (non-hydrogen) atoms. The van der Waals surface area contributed by atoms with Gasteiger partial charge < -0.3 is 10.2 Å². The Morgan fingerprint density at radius 2 is 1.74 bits per heavy atom. The fraction of sp³-hybridized carbons (Fsp3) is 0.533. The number of nitrogens with zero attached hydrogens (tertiary/aromatic N) is 2. The summed E-state index contributed by atoms with van der Waals surface area (Å²) in [4.78, 5) is 13.9. The average Bonchev–Trinajstić information content (AvgIpc) is 2.53. The third-order valence-electron chi connectivity index (χ3n) is 3.64. The summed E-state index contributed by atoms with van der Waals surface area (Å²) in [5, 5.41) is 3.34. The Bertz CT molecular complexity index is 638. The van der Waals surface area contributed by atoms with E-state index in [9.17, 15) is 13.2 Å². The lowest BCUT2D eigenvalue weighted by Crippen LogP contribution is -2.53. The van der Waals surface area contributed by atoms with Gasteiger partial charge in [0.2, 0.25) is 10.0 Å². The Kier molecular flexibility index (Phi) is 5.89. The molecular formula is C15H22ClN3O3S. The summed E-state index contributed by atoms with van der Waals surface area (Å²) in [5.74, 6) is 0.380. The van der Waals surface area contributed by atoms with Gasteiger partial charge in [-0.1, -0.05) is 25.4 Å². The van der Waals surface area contributed by atoms with E-state index in [1.165, 1.54) is 16.4 Å². The topological polar surface area (TPSA) is 69.7 Å². The number of carbonyl (C=O) groups is 1. The summed E-state index contributed by atoms with van der Waals surface area (Å²) in [6.07, 6.45) is 0. The number of nitrogens with one attached hydrogen (secondary N) is 1. The molecule has 128 valence electrons. The predicted molar refractivity (Wildman–Crippen MR) is 90.0 cm³/mol. The van der Waals surface area contributed by atoms with Crippen molar-refractivity contribution in [1.82, 2.24) is 14.5 Å². The van der Waals surface area contributed by atoms with Crippen LogP contribution < -0.4 is 5.32 Å². The van der Waals surface area contributed by atoms with E-state index in [2.05, 4.69) is 5.32 Å². The molecule has 0 unspecified atom stereocenters. The van der Waals surface area contributed by atoms with Crippen LogP contribution >= 0.6 is 11.6 Å². The number of halogens is 1. The predicted octanol–water partition coefficient (Wildman–Crippen LogP) is 2.01. The van der Waals surface area contributed by atoms with Gasteiger partial charge in [0.05, 0.1) is 4.90 Å². The van der Waals surface area contributed by atoms with Crippen molar-refractivity contribution in [1.29, 1.82) is 0 Å². The van der Waals surface area contributed by atoms with Crippen LogP contribution in [0.3, 0.4) is 0 Å². The normalized spacial score (nSPS) is 16.6. The number of piperazine rings is 1. The molecule has 1 saturated heterocycles. The van der Waals surface area contributed by atoms with Crippen LogP contribution in [-0.2, 0) is 10.0 Å². The van der Waals surface area contributed by atoms with E-state index in [0.29, 0.717) is 43.7 Å². The maximum atomic E-state index is 12.6. The monoisotopic (exact) mass is 359 g/mol. The van der Waals surface area contributed by atoms with Crippen LogP contribution in [0.2, 0.25) is 5.02 Å². The van der Waals surface area contributed by atoms with Crippen LogP contribution in [0.4, 0.5) is 4.79 Å². The molecule has 2 amide bonds. The number of hydrogen-bond acceptors (Lipinski definition) is 3. The third-order valence-corrected chi connectivity index (χ3v) is 5.80. The number of benzene rings is 1. The maximum Gasteiger partial charge on any atom is 0.317 e. The SMILES string of the molecule is CC(C)CNC(=O)N1CCN(S(=O)(=O)c2ccc(Cl)cc2)CC1. The van der Waals surface area contributed by atoms with E-state index in [1.54, 1.807) is 17.0 Å². The van der Waals surface area contributed by atoms with E-state index in [1.807, 2.05) is 13.8 Å². The quantitative estimate of drug-likeness (QED) is 0.894. The Hall–Kier alpha value is -1.31. The molecule has 1 fully saturated rings. The minimum atomic E-state index is -3.54. The number of urea groups is 1. The molecule has 8 heteroatoms. The summed E-state index contributed by atoms with van der Waals surface area (Å²) in [6.45, 7) is 6.02. The molecule has 0 aromatic heterocycles. The molecule has 1 aliphatic rings. The van der Waals surface area contributed by atoms with Crippen LogP contribution in [0.5, 0.6) is 0 Å². The second-order valence-electron chi connectivity index (χ2n) is 5.92. The minimum Gasteiger partial charge on any atom is -0.338 e. The average molecular weight is 360 g/mol. The lowest BCUT2D eigenvalue weighted by Gasteiger charge is -2.34. The Morgan fingerprint density at radius 3 is 2.26 bits per heavy atom. The van der Waals surface area contributed by atoms with Crippen molar-refractivity contribution in [2.75, 3.05) is 32.7 Å². The highest BCUT2D eigenvalue weighted by molar-refractivity contribution is 7.89. The highest BCUT2D eigenvalue weighted by Crippen LogP contribution is 2.19. The summed E-state index contributed by atoms with van der Waals surface area (Å²) >= 11 is 5.79. The third kappa shape index (κ3) is 4.59. The van der Waals surface area contributed by atoms with Gasteiger partial charge in [-0.25, -0.2) is 13.2 Å². The zero-order valence-electron chi connectivity index (χ0n) is 13.3. The van der Waals surface area contributed by atoms with Crippen molar-refractivity contribution in [3.8, 4) is 0 Å². The van der Waals surface area contributed by atoms with Crippen LogP contribution in [-0.4, -0.2) is 56.4 Å². The molecule has 0 aliphatic carbocycles. The summed E-state index contributed by atoms with van der Waals surface area (Å²) in [6, 6.07) is 5.98. The molecule has 0 atom stereocenters. The molecule has 1 heterocycles. The van der Waals surface area contributed by atoms with Crippen molar-refractivity contribution in [2.24, 2.45) is 5.92 Å². The molecule has 6 nitrogen and oxygen atoms in total. The van der Waals surface area contributed by atoms with Crippen molar-refractivity contribution in [2.45, 2.75) is 18.7 Å². The van der Waals surface area contributed by atoms with E-state index >= 15 is 0 Å². The lowest BCUT2D eigenvalue weighted by molar-refractivity contribution is 0.171. The Labute approximate surface area is 142 Å². The van der Waals surface area contributed by atoms with E-state index < -0.39 is 10.0 Å². The van der Waals surface area contributed by atoms with Crippen LogP contribution in [0, 0.1) is 5.92 Å². The largest absolute Gasteiger partial charge is 0.338 e. The second kappa shape index (κ2) is 7.51. The van der Waals surface area contributed by atoms with Gasteiger partial charge in [-0.05, 0) is 30.2 Å². The van der Waals surface area contributed by atoms with E-state index in [0.717, 1.165) is 0 Å². The fourth-order valence-electron chi connectivity index (χ4n) is 2.29. The summed E-state index contributed by atoms with van der Waals surface area (Å²) < 4.78 is 26.5. The molecular weight excluding hydrogens is 338 g/mol. The number of hydrogen-bond donors (Lipinski definition) is 1. The molecule has 1 aromatic carbocycles. The van der Waals surface area contributed by atoms with Gasteiger partial charge in [0.15, 0.2) is 0 Å². The van der Waals surface area contributed by atoms with Gasteiger partial charge in [-0.3, -0.25) is 0 Å².